The summed E-state index contributed by atoms with van der Waals surface area (Å²) in [4.78, 5) is 22.2. The zero-order valence-electron chi connectivity index (χ0n) is 9.21. The van der Waals surface area contributed by atoms with E-state index in [9.17, 15) is 9.59 Å². The molecule has 6 heteroatoms. The third-order valence-corrected chi connectivity index (χ3v) is 1.83. The average Bonchev–Trinajstić information content (AvgIpc) is 2.23. The van der Waals surface area contributed by atoms with Gasteiger partial charge >= 0.3 is 0 Å². The van der Waals surface area contributed by atoms with Crippen LogP contribution >= 0.6 is 0 Å². The molecule has 0 aliphatic heterocycles. The molecule has 88 valence electrons. The van der Waals surface area contributed by atoms with Gasteiger partial charge in [-0.3, -0.25) is 9.59 Å². The minimum absolute atomic E-state index is 0.00627. The zero-order valence-corrected chi connectivity index (χ0v) is 9.21. The molecule has 0 fully saturated rings. The number of ether oxygens (including phenoxy) is 1. The van der Waals surface area contributed by atoms with E-state index in [0.717, 1.165) is 0 Å². The topological polar surface area (TPSA) is 93.5 Å². The van der Waals surface area contributed by atoms with E-state index >= 15 is 0 Å². The smallest absolute Gasteiger partial charge is 0.239 e. The highest BCUT2D eigenvalue weighted by atomic mass is 16.5. The van der Waals surface area contributed by atoms with Gasteiger partial charge in [-0.05, 0) is 6.92 Å². The molecular weight excluding hydrogens is 198 g/mol. The maximum absolute atomic E-state index is 11.3. The second-order valence-corrected chi connectivity index (χ2v) is 3.03. The van der Waals surface area contributed by atoms with Gasteiger partial charge in [0.05, 0.1) is 19.1 Å². The van der Waals surface area contributed by atoms with Gasteiger partial charge in [-0.2, -0.15) is 0 Å². The Kier molecular flexibility index (Phi) is 7.57. The lowest BCUT2D eigenvalue weighted by Gasteiger charge is -2.12. The normalized spacial score (nSPS) is 11.9. The van der Waals surface area contributed by atoms with E-state index < -0.39 is 0 Å². The van der Waals surface area contributed by atoms with Gasteiger partial charge in [0, 0.05) is 20.2 Å². The van der Waals surface area contributed by atoms with Crippen molar-refractivity contribution in [1.29, 1.82) is 0 Å². The molecule has 15 heavy (non-hydrogen) atoms. The predicted molar refractivity (Wildman–Crippen MR) is 56.2 cm³/mol. The summed E-state index contributed by atoms with van der Waals surface area (Å²) in [6.07, 6.45) is -0.119. The Morgan fingerprint density at radius 2 is 2.00 bits per heavy atom. The second-order valence-electron chi connectivity index (χ2n) is 3.03. The number of likely N-dealkylation sites (N-methyl/N-ethyl adjacent to an activating group) is 1. The fourth-order valence-corrected chi connectivity index (χ4v) is 0.980. The first kappa shape index (κ1) is 13.9. The molecule has 0 aliphatic carbocycles. The van der Waals surface area contributed by atoms with E-state index in [4.69, 9.17) is 10.5 Å². The summed E-state index contributed by atoms with van der Waals surface area (Å²) < 4.78 is 4.94. The molecule has 2 amide bonds. The molecule has 6 nitrogen and oxygen atoms in total. The van der Waals surface area contributed by atoms with Crippen LogP contribution in [0.2, 0.25) is 0 Å². The highest BCUT2D eigenvalue weighted by Crippen LogP contribution is 1.93. The highest BCUT2D eigenvalue weighted by molar-refractivity contribution is 5.84. The Morgan fingerprint density at radius 1 is 1.33 bits per heavy atom. The number of carbonyl (C=O) groups excluding carboxylic acids is 2. The van der Waals surface area contributed by atoms with Gasteiger partial charge in [0.2, 0.25) is 11.8 Å². The van der Waals surface area contributed by atoms with Crippen molar-refractivity contribution in [1.82, 2.24) is 10.6 Å². The number of nitrogens with two attached hydrogens (primary N) is 1. The summed E-state index contributed by atoms with van der Waals surface area (Å²) in [6, 6.07) is 0. The molecule has 1 unspecified atom stereocenters. The molecule has 0 bridgehead atoms. The molecule has 0 rings (SSSR count). The van der Waals surface area contributed by atoms with E-state index in [1.54, 1.807) is 0 Å². The fraction of sp³-hybridized carbons (Fsp3) is 0.778. The Hall–Kier alpha value is -1.14. The maximum Gasteiger partial charge on any atom is 0.239 e. The van der Waals surface area contributed by atoms with Crippen molar-refractivity contribution in [2.75, 3.05) is 26.7 Å². The highest BCUT2D eigenvalue weighted by Gasteiger charge is 2.11. The van der Waals surface area contributed by atoms with Crippen LogP contribution in [0.25, 0.3) is 0 Å². The van der Waals surface area contributed by atoms with Gasteiger partial charge in [0.1, 0.15) is 0 Å². The van der Waals surface area contributed by atoms with E-state index in [-0.39, 0.29) is 37.4 Å². The van der Waals surface area contributed by atoms with Crippen LogP contribution in [0.4, 0.5) is 0 Å². The average molecular weight is 217 g/mol. The van der Waals surface area contributed by atoms with Crippen molar-refractivity contribution in [3.05, 3.63) is 0 Å². The molecule has 0 radical (unpaired) electrons. The molecule has 0 spiro atoms. The number of nitrogens with one attached hydrogen (secondary N) is 2. The SMILES string of the molecule is CCNC(=O)CNC(=O)CC(CN)OC. The van der Waals surface area contributed by atoms with Gasteiger partial charge < -0.3 is 21.1 Å². The van der Waals surface area contributed by atoms with Crippen LogP contribution in [0.15, 0.2) is 0 Å². The van der Waals surface area contributed by atoms with Gasteiger partial charge in [-0.15, -0.1) is 0 Å². The van der Waals surface area contributed by atoms with Crippen molar-refractivity contribution in [3.63, 3.8) is 0 Å². The van der Waals surface area contributed by atoms with Crippen molar-refractivity contribution in [2.24, 2.45) is 5.73 Å². The minimum atomic E-state index is -0.292. The van der Waals surface area contributed by atoms with Crippen LogP contribution in [0.5, 0.6) is 0 Å². The van der Waals surface area contributed by atoms with Crippen LogP contribution in [-0.2, 0) is 14.3 Å². The number of amides is 2. The van der Waals surface area contributed by atoms with Gasteiger partial charge in [-0.25, -0.2) is 0 Å². The van der Waals surface area contributed by atoms with Crippen molar-refractivity contribution in [2.45, 2.75) is 19.4 Å². The molecule has 0 saturated carbocycles. The van der Waals surface area contributed by atoms with Gasteiger partial charge in [0.25, 0.3) is 0 Å². The molecular formula is C9H19N3O3. The first-order chi connectivity index (χ1) is 7.13. The number of carbonyl (C=O) groups is 2. The van der Waals surface area contributed by atoms with Crippen LogP contribution in [0.1, 0.15) is 13.3 Å². The summed E-state index contributed by atoms with van der Waals surface area (Å²) in [5, 5.41) is 5.05. The summed E-state index contributed by atoms with van der Waals surface area (Å²) in [6.45, 7) is 2.64. The fourth-order valence-electron chi connectivity index (χ4n) is 0.980. The Balaban J connectivity index is 3.69. The summed E-state index contributed by atoms with van der Waals surface area (Å²) in [5.74, 6) is -0.439. The molecule has 4 N–H and O–H groups in total. The molecule has 0 aromatic heterocycles. The predicted octanol–water partition coefficient (Wildman–Crippen LogP) is -1.40. The van der Waals surface area contributed by atoms with Crippen molar-refractivity contribution in [3.8, 4) is 0 Å². The zero-order chi connectivity index (χ0) is 11.7. The molecule has 0 aromatic carbocycles. The molecule has 0 aliphatic rings. The molecule has 0 aromatic rings. The number of rotatable bonds is 7. The number of hydrogen-bond acceptors (Lipinski definition) is 4. The Labute approximate surface area is 89.5 Å². The molecule has 1 atom stereocenters. The summed E-state index contributed by atoms with van der Waals surface area (Å²) >= 11 is 0. The standard InChI is InChI=1S/C9H19N3O3/c1-3-11-9(14)6-12-8(13)4-7(5-10)15-2/h7H,3-6,10H2,1-2H3,(H,11,14)(H,12,13). The first-order valence-corrected chi connectivity index (χ1v) is 4.90. The van der Waals surface area contributed by atoms with E-state index in [0.29, 0.717) is 6.54 Å². The van der Waals surface area contributed by atoms with Crippen LogP contribution < -0.4 is 16.4 Å². The second kappa shape index (κ2) is 8.19. The van der Waals surface area contributed by atoms with E-state index in [1.807, 2.05) is 6.92 Å². The lowest BCUT2D eigenvalue weighted by molar-refractivity contribution is -0.127. The number of hydrogen-bond donors (Lipinski definition) is 3. The third-order valence-electron chi connectivity index (χ3n) is 1.83. The quantitative estimate of drug-likeness (QED) is 0.489. The minimum Gasteiger partial charge on any atom is -0.380 e. The lowest BCUT2D eigenvalue weighted by atomic mass is 10.2. The Morgan fingerprint density at radius 3 is 2.47 bits per heavy atom. The summed E-state index contributed by atoms with van der Waals surface area (Å²) in [5.41, 5.74) is 5.35. The number of methoxy groups -OCH3 is 1. The van der Waals surface area contributed by atoms with Crippen LogP contribution in [0, 0.1) is 0 Å². The van der Waals surface area contributed by atoms with Crippen molar-refractivity contribution < 1.29 is 14.3 Å². The lowest BCUT2D eigenvalue weighted by Crippen LogP contribution is -2.39. The van der Waals surface area contributed by atoms with Gasteiger partial charge in [-0.1, -0.05) is 0 Å². The van der Waals surface area contributed by atoms with Crippen molar-refractivity contribution >= 4 is 11.8 Å². The summed E-state index contributed by atoms with van der Waals surface area (Å²) in [7, 11) is 1.49. The van der Waals surface area contributed by atoms with E-state index in [1.165, 1.54) is 7.11 Å². The van der Waals surface area contributed by atoms with Crippen LogP contribution in [-0.4, -0.2) is 44.7 Å². The first-order valence-electron chi connectivity index (χ1n) is 4.90. The van der Waals surface area contributed by atoms with Crippen LogP contribution in [0.3, 0.4) is 0 Å². The molecule has 0 heterocycles. The van der Waals surface area contributed by atoms with Gasteiger partial charge in [0.15, 0.2) is 0 Å². The third kappa shape index (κ3) is 6.87. The molecule has 0 saturated heterocycles. The van der Waals surface area contributed by atoms with E-state index in [2.05, 4.69) is 10.6 Å². The monoisotopic (exact) mass is 217 g/mol. The largest absolute Gasteiger partial charge is 0.380 e. The Bertz CT molecular complexity index is 205. The maximum atomic E-state index is 11.3.